The fourth-order valence-electron chi connectivity index (χ4n) is 1.88. The first kappa shape index (κ1) is 23.9. The molecule has 0 aliphatic carbocycles. The largest absolute Gasteiger partial charge is 0.464 e. The first-order chi connectivity index (χ1) is 12.1. The third-order valence-electron chi connectivity index (χ3n) is 2.84. The molecule has 0 saturated carbocycles. The molecule has 0 aromatic rings. The minimum Gasteiger partial charge on any atom is -0.464 e. The molecule has 148 valence electrons. The molecule has 0 fully saturated rings. The van der Waals surface area contributed by atoms with Gasteiger partial charge in [-0.05, 0) is 27.2 Å². The van der Waals surface area contributed by atoms with Crippen LogP contribution in [0.1, 0.15) is 40.0 Å². The van der Waals surface area contributed by atoms with Crippen LogP contribution in [0.4, 0.5) is 0 Å². The van der Waals surface area contributed by atoms with Crippen LogP contribution in [0.25, 0.3) is 0 Å². The molecule has 0 aromatic heterocycles. The summed E-state index contributed by atoms with van der Waals surface area (Å²) in [5, 5.41) is 2.19. The molecule has 0 bridgehead atoms. The van der Waals surface area contributed by atoms with Gasteiger partial charge in [-0.1, -0.05) is 0 Å². The second-order valence-electron chi connectivity index (χ2n) is 5.10. The molecule has 9 nitrogen and oxygen atoms in total. The Morgan fingerprint density at radius 2 is 1.62 bits per heavy atom. The number of carbonyl (C=O) groups is 3. The number of nitrogens with one attached hydrogen (secondary N) is 1. The third kappa shape index (κ3) is 10.7. The molecule has 0 spiro atoms. The van der Waals surface area contributed by atoms with Gasteiger partial charge in [-0.25, -0.2) is 9.59 Å². The minimum absolute atomic E-state index is 0.0140. The van der Waals surface area contributed by atoms with Crippen LogP contribution in [0.5, 0.6) is 0 Å². The Morgan fingerprint density at radius 3 is 2.04 bits per heavy atom. The van der Waals surface area contributed by atoms with E-state index >= 15 is 0 Å². The molecule has 26 heavy (non-hydrogen) atoms. The predicted molar refractivity (Wildman–Crippen MR) is 92.2 cm³/mol. The van der Waals surface area contributed by atoms with E-state index in [0.29, 0.717) is 6.42 Å². The maximum atomic E-state index is 12.2. The van der Waals surface area contributed by atoms with Gasteiger partial charge in [0.05, 0.1) is 32.0 Å². The lowest BCUT2D eigenvalue weighted by Gasteiger charge is -2.18. The quantitative estimate of drug-likeness (QED) is 0.228. The van der Waals surface area contributed by atoms with E-state index in [4.69, 9.17) is 13.7 Å². The average Bonchev–Trinajstić information content (AvgIpc) is 2.51. The van der Waals surface area contributed by atoms with Crippen molar-refractivity contribution in [3.63, 3.8) is 0 Å². The Balaban J connectivity index is 5.06. The van der Waals surface area contributed by atoms with E-state index in [9.17, 15) is 22.8 Å². The summed E-state index contributed by atoms with van der Waals surface area (Å²) in [4.78, 5) is 35.8. The van der Waals surface area contributed by atoms with Crippen molar-refractivity contribution in [2.45, 2.75) is 52.2 Å². The molecule has 0 aromatic carbocycles. The van der Waals surface area contributed by atoms with Crippen molar-refractivity contribution in [3.8, 4) is 11.8 Å². The SMILES string of the molecule is CC#CCCC(CC(=O)NC(C(=O)OCC)C(=O)OCC)OS(C)(=O)=O. The number of hydrogen-bond donors (Lipinski definition) is 1. The van der Waals surface area contributed by atoms with Crippen molar-refractivity contribution in [2.24, 2.45) is 0 Å². The van der Waals surface area contributed by atoms with Crippen LogP contribution in [-0.4, -0.2) is 57.9 Å². The summed E-state index contributed by atoms with van der Waals surface area (Å²) in [6.45, 7) is 4.75. The molecule has 1 unspecified atom stereocenters. The van der Waals surface area contributed by atoms with Gasteiger partial charge in [-0.15, -0.1) is 11.8 Å². The number of ether oxygens (including phenoxy) is 2. The van der Waals surface area contributed by atoms with E-state index in [2.05, 4.69) is 17.2 Å². The highest BCUT2D eigenvalue weighted by Crippen LogP contribution is 2.10. The van der Waals surface area contributed by atoms with E-state index in [1.165, 1.54) is 0 Å². The van der Waals surface area contributed by atoms with Crippen molar-refractivity contribution in [1.82, 2.24) is 5.32 Å². The molecule has 0 aliphatic rings. The molecular weight excluding hydrogens is 366 g/mol. The summed E-state index contributed by atoms with van der Waals surface area (Å²) in [6, 6.07) is -1.63. The van der Waals surface area contributed by atoms with Crippen molar-refractivity contribution in [3.05, 3.63) is 0 Å². The smallest absolute Gasteiger partial charge is 0.340 e. The van der Waals surface area contributed by atoms with E-state index in [1.54, 1.807) is 20.8 Å². The number of amides is 1. The zero-order chi connectivity index (χ0) is 20.2. The number of esters is 2. The maximum Gasteiger partial charge on any atom is 0.340 e. The Hall–Kier alpha value is -2.12. The summed E-state index contributed by atoms with van der Waals surface area (Å²) in [5.74, 6) is 2.72. The standard InChI is InChI=1S/C16H25NO8S/c1-5-8-9-10-12(25-26(4,21)22)11-13(18)17-14(15(19)23-6-2)16(20)24-7-3/h12,14H,6-7,9-11H2,1-4H3,(H,17,18). The molecule has 1 atom stereocenters. The first-order valence-electron chi connectivity index (χ1n) is 8.05. The van der Waals surface area contributed by atoms with Gasteiger partial charge >= 0.3 is 11.9 Å². The van der Waals surface area contributed by atoms with Crippen LogP contribution in [0.3, 0.4) is 0 Å². The van der Waals surface area contributed by atoms with Gasteiger partial charge in [0, 0.05) is 6.42 Å². The van der Waals surface area contributed by atoms with Gasteiger partial charge in [0.2, 0.25) is 11.9 Å². The molecule has 0 radical (unpaired) electrons. The van der Waals surface area contributed by atoms with Crippen LogP contribution >= 0.6 is 0 Å². The Morgan fingerprint density at radius 1 is 1.08 bits per heavy atom. The van der Waals surface area contributed by atoms with Gasteiger partial charge in [-0.2, -0.15) is 8.42 Å². The highest BCUT2D eigenvalue weighted by molar-refractivity contribution is 7.86. The second kappa shape index (κ2) is 12.3. The molecule has 10 heteroatoms. The number of hydrogen-bond acceptors (Lipinski definition) is 8. The maximum absolute atomic E-state index is 12.2. The van der Waals surface area contributed by atoms with Crippen molar-refractivity contribution < 1.29 is 36.5 Å². The molecular formula is C16H25NO8S. The zero-order valence-electron chi connectivity index (χ0n) is 15.4. The summed E-state index contributed by atoms with van der Waals surface area (Å²) in [6.07, 6.45) is 0.0152. The highest BCUT2D eigenvalue weighted by atomic mass is 32.2. The second-order valence-corrected chi connectivity index (χ2v) is 6.70. The van der Waals surface area contributed by atoms with E-state index in [1.807, 2.05) is 0 Å². The van der Waals surface area contributed by atoms with Gasteiger partial charge in [-0.3, -0.25) is 8.98 Å². The van der Waals surface area contributed by atoms with Crippen molar-refractivity contribution in [2.75, 3.05) is 19.5 Å². The molecule has 0 heterocycles. The summed E-state index contributed by atoms with van der Waals surface area (Å²) in [5.41, 5.74) is 0. The first-order valence-corrected chi connectivity index (χ1v) is 9.86. The lowest BCUT2D eigenvalue weighted by molar-refractivity contribution is -0.159. The van der Waals surface area contributed by atoms with Crippen molar-refractivity contribution >= 4 is 28.0 Å². The lowest BCUT2D eigenvalue weighted by Crippen LogP contribution is -2.49. The lowest BCUT2D eigenvalue weighted by atomic mass is 10.1. The van der Waals surface area contributed by atoms with E-state index < -0.39 is 40.1 Å². The summed E-state index contributed by atoms with van der Waals surface area (Å²) in [7, 11) is -3.80. The van der Waals surface area contributed by atoms with Crippen molar-refractivity contribution in [1.29, 1.82) is 0 Å². The Bertz CT molecular complexity index is 629. The predicted octanol–water partition coefficient (Wildman–Crippen LogP) is 0.136. The fourth-order valence-corrected chi connectivity index (χ4v) is 2.54. The van der Waals surface area contributed by atoms with Gasteiger partial charge in [0.15, 0.2) is 0 Å². The number of rotatable bonds is 11. The van der Waals surface area contributed by atoms with Gasteiger partial charge < -0.3 is 14.8 Å². The van der Waals surface area contributed by atoms with Crippen LogP contribution < -0.4 is 5.32 Å². The monoisotopic (exact) mass is 391 g/mol. The van der Waals surface area contributed by atoms with Crippen LogP contribution in [0.2, 0.25) is 0 Å². The van der Waals surface area contributed by atoms with E-state index in [0.717, 1.165) is 6.26 Å². The number of carbonyl (C=O) groups excluding carboxylic acids is 3. The summed E-state index contributed by atoms with van der Waals surface area (Å²) < 4.78 is 37.0. The molecule has 0 rings (SSSR count). The topological polar surface area (TPSA) is 125 Å². The molecule has 0 saturated heterocycles. The van der Waals surface area contributed by atoms with Gasteiger partial charge in [0.25, 0.3) is 10.1 Å². The third-order valence-corrected chi connectivity index (χ3v) is 3.46. The van der Waals surface area contributed by atoms with Gasteiger partial charge in [0.1, 0.15) is 0 Å². The zero-order valence-corrected chi connectivity index (χ0v) is 16.2. The van der Waals surface area contributed by atoms with Crippen LogP contribution in [-0.2, 0) is 38.2 Å². The highest BCUT2D eigenvalue weighted by Gasteiger charge is 2.32. The normalized spacial score (nSPS) is 11.9. The average molecular weight is 391 g/mol. The summed E-state index contributed by atoms with van der Waals surface area (Å²) >= 11 is 0. The Labute approximate surface area is 153 Å². The molecule has 1 amide bonds. The molecule has 1 N–H and O–H groups in total. The molecule has 0 aliphatic heterocycles. The Kier molecular flexibility index (Phi) is 11.3. The minimum atomic E-state index is -3.80. The fraction of sp³-hybridized carbons (Fsp3) is 0.688. The van der Waals surface area contributed by atoms with Crippen LogP contribution in [0.15, 0.2) is 0 Å². The van der Waals surface area contributed by atoms with E-state index in [-0.39, 0.29) is 26.1 Å². The van der Waals surface area contributed by atoms with Crippen LogP contribution in [0, 0.1) is 11.8 Å².